The maximum atomic E-state index is 14.5. The molecule has 416 valence electrons. The van der Waals surface area contributed by atoms with E-state index in [4.69, 9.17) is 44.6 Å². The maximum absolute atomic E-state index is 14.5. The fourth-order valence-corrected chi connectivity index (χ4v) is 7.78. The predicted octanol–water partition coefficient (Wildman–Crippen LogP) is -4.54. The minimum Gasteiger partial charge on any atom is -0.370 e. The highest BCUT2D eigenvalue weighted by molar-refractivity contribution is 5.98. The molecule has 0 unspecified atom stereocenters. The Labute approximate surface area is 441 Å². The number of nitrogens with two attached hydrogens (primary N) is 4. The van der Waals surface area contributed by atoms with Crippen molar-refractivity contribution < 1.29 is 38.4 Å². The molecular weight excluding hydrogens is 985 g/mol. The van der Waals surface area contributed by atoms with E-state index in [0.29, 0.717) is 17.5 Å². The summed E-state index contributed by atoms with van der Waals surface area (Å²) >= 11 is 0. The molecule has 24 N–H and O–H groups in total. The van der Waals surface area contributed by atoms with Crippen LogP contribution in [0.4, 0.5) is 0 Å². The summed E-state index contributed by atoms with van der Waals surface area (Å²) in [6.45, 7) is 1.26. The van der Waals surface area contributed by atoms with Gasteiger partial charge in [0.25, 0.3) is 0 Å². The Bertz CT molecular complexity index is 2310. The molecule has 1 saturated heterocycles. The average molecular weight is 1060 g/mol. The third-order valence-corrected chi connectivity index (χ3v) is 11.7. The molecule has 0 radical (unpaired) electrons. The number of benzene rings is 2. The van der Waals surface area contributed by atoms with E-state index < -0.39 is 96.1 Å². The molecule has 0 aliphatic carbocycles. The standard InChI is InChI=1S/C48H76N20O8/c1-28-38(70)68-35(25-29-13-4-2-5-14-29)39(71)61-27-37(69)63-36(26-30-15-6-3-7-16-30)44(76)67-31(17-8-9-21-57-45(49)50)41(73)65-34(20-12-24-60-48(55)56)43(75)66-33(19-11-23-59-47(53)54)42(74)64-32(40(72)62-28)18-10-22-58-46(51)52/h2-7,13-16,28,31-36H,8-12,17-27H2,1H3,(H,61,71)(H,62,72)(H,63,69)(H,64,74)(H,65,73)(H,66,75)(H,67,76)(H,68,70)(H4,49,50,57)(H4,51,52,58)(H4,53,54,59)(H4,55,56,60)/t28-,31-,32-,33-,34-,35-,36-/m0/s1. The molecule has 0 bridgehead atoms. The zero-order valence-corrected chi connectivity index (χ0v) is 42.7. The van der Waals surface area contributed by atoms with E-state index in [-0.39, 0.29) is 114 Å². The zero-order valence-electron chi connectivity index (χ0n) is 42.7. The summed E-state index contributed by atoms with van der Waals surface area (Å²) in [6, 6.07) is 7.98. The van der Waals surface area contributed by atoms with Gasteiger partial charge in [-0.2, -0.15) is 0 Å². The molecule has 0 saturated carbocycles. The number of carbonyl (C=O) groups is 8. The highest BCUT2D eigenvalue weighted by Crippen LogP contribution is 2.11. The number of carbonyl (C=O) groups excluding carboxylic acids is 8. The van der Waals surface area contributed by atoms with Gasteiger partial charge < -0.3 is 86.7 Å². The average Bonchev–Trinajstić information content (AvgIpc) is 3.37. The number of amides is 8. The van der Waals surface area contributed by atoms with Crippen molar-refractivity contribution in [3.05, 3.63) is 71.8 Å². The zero-order chi connectivity index (χ0) is 56.0. The molecule has 2 aromatic carbocycles. The van der Waals surface area contributed by atoms with Gasteiger partial charge in [-0.05, 0) is 75.8 Å². The van der Waals surface area contributed by atoms with Crippen LogP contribution < -0.4 is 86.7 Å². The van der Waals surface area contributed by atoms with Crippen LogP contribution >= 0.6 is 0 Å². The van der Waals surface area contributed by atoms with Crippen molar-refractivity contribution in [2.75, 3.05) is 32.7 Å². The first kappa shape index (κ1) is 61.6. The monoisotopic (exact) mass is 1060 g/mol. The predicted molar refractivity (Wildman–Crippen MR) is 284 cm³/mol. The van der Waals surface area contributed by atoms with Gasteiger partial charge in [0, 0.05) is 39.0 Å². The van der Waals surface area contributed by atoms with Crippen LogP contribution in [0.1, 0.15) is 75.8 Å². The van der Waals surface area contributed by atoms with Gasteiger partial charge in [-0.1, -0.05) is 60.7 Å². The summed E-state index contributed by atoms with van der Waals surface area (Å²) in [5.41, 5.74) is 23.2. The van der Waals surface area contributed by atoms with Crippen LogP contribution in [0.25, 0.3) is 0 Å². The van der Waals surface area contributed by atoms with Crippen LogP contribution in [0, 0.1) is 21.6 Å². The molecule has 8 amide bonds. The van der Waals surface area contributed by atoms with Crippen LogP contribution in [0.5, 0.6) is 0 Å². The third kappa shape index (κ3) is 24.3. The molecule has 3 rings (SSSR count). The van der Waals surface area contributed by atoms with E-state index in [9.17, 15) is 38.4 Å². The highest BCUT2D eigenvalue weighted by Gasteiger charge is 2.34. The number of hydrogen-bond acceptors (Lipinski definition) is 12. The summed E-state index contributed by atoms with van der Waals surface area (Å²) < 4.78 is 0. The first-order valence-electron chi connectivity index (χ1n) is 25.0. The van der Waals surface area contributed by atoms with E-state index in [0.717, 1.165) is 0 Å². The number of unbranched alkanes of at least 4 members (excludes halogenated alkanes) is 1. The van der Waals surface area contributed by atoms with E-state index in [1.807, 2.05) is 0 Å². The molecule has 7 atom stereocenters. The Morgan fingerprint density at radius 1 is 0.421 bits per heavy atom. The Hall–Kier alpha value is -8.72. The lowest BCUT2D eigenvalue weighted by molar-refractivity contribution is -0.136. The van der Waals surface area contributed by atoms with Crippen LogP contribution in [0.3, 0.4) is 0 Å². The second-order valence-electron chi connectivity index (χ2n) is 18.0. The van der Waals surface area contributed by atoms with Crippen LogP contribution in [0.15, 0.2) is 60.7 Å². The first-order chi connectivity index (χ1) is 36.2. The van der Waals surface area contributed by atoms with Crippen molar-refractivity contribution in [2.24, 2.45) is 22.9 Å². The van der Waals surface area contributed by atoms with Crippen LogP contribution in [0.2, 0.25) is 0 Å². The van der Waals surface area contributed by atoms with Crippen LogP contribution in [-0.2, 0) is 51.2 Å². The molecule has 1 aliphatic rings. The Morgan fingerprint density at radius 2 is 0.737 bits per heavy atom. The first-order valence-corrected chi connectivity index (χ1v) is 25.0. The second kappa shape index (κ2) is 33.2. The van der Waals surface area contributed by atoms with E-state index >= 15 is 0 Å². The number of rotatable bonds is 21. The summed E-state index contributed by atoms with van der Waals surface area (Å²) in [5, 5.41) is 62.0. The second-order valence-corrected chi connectivity index (χ2v) is 18.0. The largest absolute Gasteiger partial charge is 0.370 e. The number of guanidine groups is 4. The van der Waals surface area contributed by atoms with Crippen molar-refractivity contribution in [3.63, 3.8) is 0 Å². The lowest BCUT2D eigenvalue weighted by Crippen LogP contribution is -2.60. The third-order valence-electron chi connectivity index (χ3n) is 11.7. The van der Waals surface area contributed by atoms with Gasteiger partial charge in [-0.3, -0.25) is 60.0 Å². The molecule has 1 heterocycles. The minimum absolute atomic E-state index is 0.00778. The Kier molecular flexibility index (Phi) is 26.9. The minimum atomic E-state index is -1.39. The molecule has 0 spiro atoms. The normalized spacial score (nSPS) is 21.5. The summed E-state index contributed by atoms with van der Waals surface area (Å²) in [4.78, 5) is 113. The van der Waals surface area contributed by atoms with Gasteiger partial charge in [0.05, 0.1) is 6.54 Å². The lowest BCUT2D eigenvalue weighted by Gasteiger charge is -2.28. The smallest absolute Gasteiger partial charge is 0.243 e. The molecule has 28 nitrogen and oxygen atoms in total. The summed E-state index contributed by atoms with van der Waals surface area (Å²) in [6.07, 6.45) is 0.807. The molecule has 76 heavy (non-hydrogen) atoms. The summed E-state index contributed by atoms with van der Waals surface area (Å²) in [7, 11) is 0. The van der Waals surface area contributed by atoms with Gasteiger partial charge in [-0.15, -0.1) is 0 Å². The van der Waals surface area contributed by atoms with Crippen molar-refractivity contribution in [3.8, 4) is 0 Å². The lowest BCUT2D eigenvalue weighted by atomic mass is 10.0. The van der Waals surface area contributed by atoms with Crippen molar-refractivity contribution in [1.82, 2.24) is 63.8 Å². The van der Waals surface area contributed by atoms with Gasteiger partial charge in [0.15, 0.2) is 23.8 Å². The maximum Gasteiger partial charge on any atom is 0.243 e. The number of hydrogen-bond donors (Lipinski definition) is 20. The van der Waals surface area contributed by atoms with Crippen LogP contribution in [-0.4, -0.2) is 146 Å². The van der Waals surface area contributed by atoms with Gasteiger partial charge in [0.2, 0.25) is 47.3 Å². The fourth-order valence-electron chi connectivity index (χ4n) is 7.78. The Morgan fingerprint density at radius 3 is 1.12 bits per heavy atom. The molecule has 1 aliphatic heterocycles. The van der Waals surface area contributed by atoms with Crippen molar-refractivity contribution in [2.45, 2.75) is 120 Å². The van der Waals surface area contributed by atoms with E-state index in [2.05, 4.69) is 63.8 Å². The van der Waals surface area contributed by atoms with Gasteiger partial charge in [0.1, 0.15) is 42.3 Å². The molecule has 1 fully saturated rings. The fraction of sp³-hybridized carbons (Fsp3) is 0.500. The SMILES string of the molecule is C[C@@H]1NC(=O)[C@H](CCCNC(=N)N)NC(=O)[C@H](CCCNC(=N)N)NC(=O)[C@H](CCCNC(=N)N)NC(=O)[C@H](CCCCNC(=N)N)NC(=O)[C@H](Cc2ccccc2)NC(=O)CNC(=O)[C@H](Cc2ccccc2)NC1=O. The van der Waals surface area contributed by atoms with Gasteiger partial charge in [-0.25, -0.2) is 0 Å². The molecule has 2 aromatic rings. The molecular formula is C48H76N20O8. The topological polar surface area (TPSA) is 480 Å². The van der Waals surface area contributed by atoms with E-state index in [1.165, 1.54) is 6.92 Å². The quantitative estimate of drug-likeness (QED) is 0.0318. The highest BCUT2D eigenvalue weighted by atomic mass is 16.2. The van der Waals surface area contributed by atoms with Gasteiger partial charge >= 0.3 is 0 Å². The van der Waals surface area contributed by atoms with E-state index in [1.54, 1.807) is 60.7 Å². The Balaban J connectivity index is 2.16. The molecule has 0 aromatic heterocycles. The number of nitrogens with one attached hydrogen (secondary N) is 16. The molecule has 28 heteroatoms. The summed E-state index contributed by atoms with van der Waals surface area (Å²) in [5.74, 6) is -7.82. The van der Waals surface area contributed by atoms with Crippen molar-refractivity contribution in [1.29, 1.82) is 21.6 Å². The van der Waals surface area contributed by atoms with Crippen molar-refractivity contribution >= 4 is 71.1 Å².